The normalized spacial score (nSPS) is 11.2. The van der Waals surface area contributed by atoms with Gasteiger partial charge in [0.25, 0.3) is 0 Å². The van der Waals surface area contributed by atoms with Gasteiger partial charge >= 0.3 is 5.97 Å². The highest BCUT2D eigenvalue weighted by Crippen LogP contribution is 2.36. The summed E-state index contributed by atoms with van der Waals surface area (Å²) >= 11 is 1.19. The molecule has 0 unspecified atom stereocenters. The van der Waals surface area contributed by atoms with Gasteiger partial charge in [0.15, 0.2) is 0 Å². The van der Waals surface area contributed by atoms with E-state index in [4.69, 9.17) is 0 Å². The summed E-state index contributed by atoms with van der Waals surface area (Å²) in [4.78, 5) is 21.4. The van der Waals surface area contributed by atoms with Crippen molar-refractivity contribution in [2.45, 2.75) is 33.6 Å². The number of carbonyl (C=O) groups is 1. The summed E-state index contributed by atoms with van der Waals surface area (Å²) in [5.74, 6) is 0.712. The van der Waals surface area contributed by atoms with Crippen LogP contribution < -0.4 is 5.32 Å². The number of aromatic nitrogens is 2. The highest BCUT2D eigenvalue weighted by molar-refractivity contribution is 7.20. The number of fused-ring (bicyclic) bond motifs is 1. The average Bonchev–Trinajstić information content (AvgIpc) is 2.84. The number of benzene rings is 1. The minimum atomic E-state index is -0.929. The van der Waals surface area contributed by atoms with Gasteiger partial charge in [-0.15, -0.1) is 11.3 Å². The molecule has 1 aromatic carbocycles. The summed E-state index contributed by atoms with van der Waals surface area (Å²) in [6.07, 6.45) is 0. The lowest BCUT2D eigenvalue weighted by Crippen LogP contribution is -2.02. The molecule has 5 nitrogen and oxygen atoms in total. The Morgan fingerprint density at radius 2 is 1.92 bits per heavy atom. The molecule has 0 bridgehead atoms. The van der Waals surface area contributed by atoms with Crippen LogP contribution in [0, 0.1) is 13.8 Å². The van der Waals surface area contributed by atoms with E-state index in [1.807, 2.05) is 25.1 Å². The standard InChI is InChI=1S/C18H19N3O2S/c1-9(2)12-7-5-6-8-13(12)21-16-14-10(3)15(18(22)23)24-17(14)20-11(4)19-16/h5-9H,1-4H3,(H,22,23)(H,19,20,21). The number of rotatable bonds is 4. The number of carboxylic acids is 1. The second-order valence-electron chi connectivity index (χ2n) is 6.03. The van der Waals surface area contributed by atoms with Crippen molar-refractivity contribution in [1.82, 2.24) is 9.97 Å². The molecule has 0 radical (unpaired) electrons. The number of hydrogen-bond donors (Lipinski definition) is 2. The lowest BCUT2D eigenvalue weighted by Gasteiger charge is -2.15. The molecule has 0 fully saturated rings. The Hall–Kier alpha value is -2.47. The quantitative estimate of drug-likeness (QED) is 0.708. The second kappa shape index (κ2) is 6.20. The van der Waals surface area contributed by atoms with Crippen LogP contribution in [0.15, 0.2) is 24.3 Å². The van der Waals surface area contributed by atoms with Gasteiger partial charge in [-0.3, -0.25) is 0 Å². The van der Waals surface area contributed by atoms with Gasteiger partial charge in [-0.25, -0.2) is 14.8 Å². The molecule has 3 aromatic rings. The van der Waals surface area contributed by atoms with Crippen molar-refractivity contribution in [3.63, 3.8) is 0 Å². The summed E-state index contributed by atoms with van der Waals surface area (Å²) < 4.78 is 0. The highest BCUT2D eigenvalue weighted by Gasteiger charge is 2.20. The Labute approximate surface area is 144 Å². The molecule has 0 amide bonds. The number of carboxylic acid groups (broad SMARTS) is 1. The van der Waals surface area contributed by atoms with E-state index < -0.39 is 5.97 Å². The van der Waals surface area contributed by atoms with Crippen LogP contribution in [-0.4, -0.2) is 21.0 Å². The van der Waals surface area contributed by atoms with Crippen LogP contribution in [-0.2, 0) is 0 Å². The van der Waals surface area contributed by atoms with Gasteiger partial charge in [0.1, 0.15) is 21.3 Å². The van der Waals surface area contributed by atoms with E-state index in [0.29, 0.717) is 32.8 Å². The van der Waals surface area contributed by atoms with Crippen molar-refractivity contribution in [1.29, 1.82) is 0 Å². The number of aryl methyl sites for hydroxylation is 2. The zero-order valence-corrected chi connectivity index (χ0v) is 14.9. The molecular weight excluding hydrogens is 322 g/mol. The zero-order valence-electron chi connectivity index (χ0n) is 14.0. The largest absolute Gasteiger partial charge is 0.477 e. The third kappa shape index (κ3) is 2.85. The van der Waals surface area contributed by atoms with Gasteiger partial charge in [-0.1, -0.05) is 32.0 Å². The number of anilines is 2. The first-order valence-corrected chi connectivity index (χ1v) is 8.57. The monoisotopic (exact) mass is 341 g/mol. The number of thiophene rings is 1. The highest BCUT2D eigenvalue weighted by atomic mass is 32.1. The number of aromatic carboxylic acids is 1. The van der Waals surface area contributed by atoms with Crippen molar-refractivity contribution >= 4 is 39.0 Å². The van der Waals surface area contributed by atoms with Crippen molar-refractivity contribution in [2.75, 3.05) is 5.32 Å². The minimum absolute atomic E-state index is 0.310. The topological polar surface area (TPSA) is 75.1 Å². The van der Waals surface area contributed by atoms with Gasteiger partial charge in [0.05, 0.1) is 5.39 Å². The van der Waals surface area contributed by atoms with Gasteiger partial charge in [-0.2, -0.15) is 0 Å². The molecule has 0 aliphatic rings. The molecule has 0 spiro atoms. The first kappa shape index (κ1) is 16.4. The van der Waals surface area contributed by atoms with E-state index in [-0.39, 0.29) is 0 Å². The second-order valence-corrected chi connectivity index (χ2v) is 7.03. The maximum atomic E-state index is 11.4. The molecule has 2 N–H and O–H groups in total. The summed E-state index contributed by atoms with van der Waals surface area (Å²) in [5.41, 5.74) is 2.87. The van der Waals surface area contributed by atoms with Gasteiger partial charge in [0.2, 0.25) is 0 Å². The molecule has 124 valence electrons. The SMILES string of the molecule is Cc1nc(Nc2ccccc2C(C)C)c2c(C)c(C(=O)O)sc2n1. The fourth-order valence-electron chi connectivity index (χ4n) is 2.78. The molecule has 0 saturated carbocycles. The Kier molecular flexibility index (Phi) is 4.24. The number of nitrogens with one attached hydrogen (secondary N) is 1. The Bertz CT molecular complexity index is 931. The van der Waals surface area contributed by atoms with Crippen molar-refractivity contribution in [3.8, 4) is 0 Å². The fourth-order valence-corrected chi connectivity index (χ4v) is 3.85. The molecule has 2 aromatic heterocycles. The molecular formula is C18H19N3O2S. The molecule has 0 saturated heterocycles. The number of nitrogens with zero attached hydrogens (tertiary/aromatic N) is 2. The molecule has 2 heterocycles. The van der Waals surface area contributed by atoms with Crippen molar-refractivity contribution < 1.29 is 9.90 Å². The molecule has 3 rings (SSSR count). The van der Waals surface area contributed by atoms with E-state index in [1.165, 1.54) is 16.9 Å². The van der Waals surface area contributed by atoms with E-state index in [9.17, 15) is 9.90 Å². The lowest BCUT2D eigenvalue weighted by molar-refractivity contribution is 0.0701. The predicted octanol–water partition coefficient (Wildman–Crippen LogP) is 4.87. The first-order chi connectivity index (χ1) is 11.4. The van der Waals surface area contributed by atoms with Gasteiger partial charge < -0.3 is 10.4 Å². The van der Waals surface area contributed by atoms with E-state index in [0.717, 1.165) is 11.1 Å². The maximum Gasteiger partial charge on any atom is 0.346 e. The van der Waals surface area contributed by atoms with E-state index in [2.05, 4.69) is 35.2 Å². The van der Waals surface area contributed by atoms with Crippen molar-refractivity contribution in [3.05, 3.63) is 46.1 Å². The van der Waals surface area contributed by atoms with Crippen LogP contribution in [0.5, 0.6) is 0 Å². The molecule has 0 atom stereocenters. The van der Waals surface area contributed by atoms with Gasteiger partial charge in [0, 0.05) is 5.69 Å². The lowest BCUT2D eigenvalue weighted by atomic mass is 10.0. The Morgan fingerprint density at radius 1 is 1.21 bits per heavy atom. The van der Waals surface area contributed by atoms with Crippen LogP contribution in [0.25, 0.3) is 10.2 Å². The third-order valence-electron chi connectivity index (χ3n) is 3.93. The number of hydrogen-bond acceptors (Lipinski definition) is 5. The summed E-state index contributed by atoms with van der Waals surface area (Å²) in [7, 11) is 0. The van der Waals surface area contributed by atoms with Crippen LogP contribution in [0.2, 0.25) is 0 Å². The zero-order chi connectivity index (χ0) is 17.4. The number of para-hydroxylation sites is 1. The third-order valence-corrected chi connectivity index (χ3v) is 5.11. The molecule has 0 aliphatic heterocycles. The van der Waals surface area contributed by atoms with Crippen molar-refractivity contribution in [2.24, 2.45) is 0 Å². The molecule has 0 aliphatic carbocycles. The van der Waals surface area contributed by atoms with Gasteiger partial charge in [-0.05, 0) is 37.0 Å². The van der Waals surface area contributed by atoms with Crippen LogP contribution in [0.3, 0.4) is 0 Å². The Morgan fingerprint density at radius 3 is 2.58 bits per heavy atom. The summed E-state index contributed by atoms with van der Waals surface area (Å²) in [6, 6.07) is 8.09. The maximum absolute atomic E-state index is 11.4. The van der Waals surface area contributed by atoms with E-state index in [1.54, 1.807) is 6.92 Å². The van der Waals surface area contributed by atoms with E-state index >= 15 is 0 Å². The molecule has 24 heavy (non-hydrogen) atoms. The summed E-state index contributed by atoms with van der Waals surface area (Å²) in [5, 5.41) is 13.5. The van der Waals surface area contributed by atoms with Crippen LogP contribution in [0.1, 0.15) is 46.4 Å². The van der Waals surface area contributed by atoms with Crippen LogP contribution in [0.4, 0.5) is 11.5 Å². The fraction of sp³-hybridized carbons (Fsp3) is 0.278. The smallest absolute Gasteiger partial charge is 0.346 e. The Balaban J connectivity index is 2.18. The van der Waals surface area contributed by atoms with Crippen LogP contribution >= 0.6 is 11.3 Å². The predicted molar refractivity (Wildman–Crippen MR) is 97.7 cm³/mol. The first-order valence-electron chi connectivity index (χ1n) is 7.75. The average molecular weight is 341 g/mol. The summed E-state index contributed by atoms with van der Waals surface area (Å²) in [6.45, 7) is 7.90. The molecule has 6 heteroatoms. The minimum Gasteiger partial charge on any atom is -0.477 e.